The fraction of sp³-hybridized carbons (Fsp3) is 0.0667. The Hall–Kier alpha value is -2.82. The first kappa shape index (κ1) is 12.2. The monoisotopic (exact) mass is 264 g/mol. The van der Waals surface area contributed by atoms with Crippen molar-refractivity contribution in [3.05, 3.63) is 60.3 Å². The molecule has 0 aliphatic carbocycles. The molecule has 0 aliphatic heterocycles. The van der Waals surface area contributed by atoms with E-state index in [-0.39, 0.29) is 11.6 Å². The second-order valence-electron chi connectivity index (χ2n) is 4.41. The molecule has 0 saturated heterocycles. The lowest BCUT2D eigenvalue weighted by molar-refractivity contribution is 0.102. The topological polar surface area (TPSA) is 67.8 Å². The van der Waals surface area contributed by atoms with Crippen molar-refractivity contribution in [2.75, 3.05) is 5.32 Å². The van der Waals surface area contributed by atoms with Crippen LogP contribution in [0.4, 0.5) is 5.69 Å². The molecule has 0 unspecified atom stereocenters. The summed E-state index contributed by atoms with van der Waals surface area (Å²) in [5.74, 6) is -0.297. The van der Waals surface area contributed by atoms with Crippen LogP contribution in [0.1, 0.15) is 16.2 Å². The molecule has 20 heavy (non-hydrogen) atoms. The maximum absolute atomic E-state index is 12.0. The van der Waals surface area contributed by atoms with Crippen LogP contribution in [0.2, 0.25) is 0 Å². The Morgan fingerprint density at radius 2 is 1.90 bits per heavy atom. The van der Waals surface area contributed by atoms with Gasteiger partial charge in [0.15, 0.2) is 0 Å². The van der Waals surface area contributed by atoms with E-state index >= 15 is 0 Å². The first-order chi connectivity index (χ1) is 9.72. The van der Waals surface area contributed by atoms with Crippen LogP contribution in [0.25, 0.3) is 10.9 Å². The molecule has 1 aromatic carbocycles. The van der Waals surface area contributed by atoms with E-state index in [4.69, 9.17) is 0 Å². The zero-order valence-corrected chi connectivity index (χ0v) is 10.9. The van der Waals surface area contributed by atoms with Crippen molar-refractivity contribution in [3.8, 4) is 0 Å². The van der Waals surface area contributed by atoms with Crippen LogP contribution in [0.3, 0.4) is 0 Å². The Kier molecular flexibility index (Phi) is 3.09. The number of para-hydroxylation sites is 1. The second-order valence-corrected chi connectivity index (χ2v) is 4.41. The quantitative estimate of drug-likeness (QED) is 0.772. The third-order valence-electron chi connectivity index (χ3n) is 2.86. The molecule has 1 N–H and O–H groups in total. The molecular weight excluding hydrogens is 252 g/mol. The number of carbonyl (C=O) groups is 1. The number of pyridine rings is 1. The summed E-state index contributed by atoms with van der Waals surface area (Å²) in [6.45, 7) is 1.82. The Bertz CT molecular complexity index is 768. The maximum atomic E-state index is 12.0. The molecule has 0 radical (unpaired) electrons. The zero-order valence-electron chi connectivity index (χ0n) is 10.9. The lowest BCUT2D eigenvalue weighted by atomic mass is 10.2. The van der Waals surface area contributed by atoms with Crippen molar-refractivity contribution in [3.63, 3.8) is 0 Å². The van der Waals surface area contributed by atoms with Crippen LogP contribution in [0, 0.1) is 6.92 Å². The number of rotatable bonds is 2. The maximum Gasteiger partial charge on any atom is 0.275 e. The van der Waals surface area contributed by atoms with Gasteiger partial charge in [-0.3, -0.25) is 14.8 Å². The van der Waals surface area contributed by atoms with Crippen LogP contribution in [0.5, 0.6) is 0 Å². The van der Waals surface area contributed by atoms with E-state index in [1.54, 1.807) is 12.4 Å². The molecule has 0 fully saturated rings. The van der Waals surface area contributed by atoms with Gasteiger partial charge in [0.25, 0.3) is 5.91 Å². The van der Waals surface area contributed by atoms with E-state index in [0.29, 0.717) is 5.69 Å². The summed E-state index contributed by atoms with van der Waals surface area (Å²) >= 11 is 0. The van der Waals surface area contributed by atoms with Crippen LogP contribution in [-0.4, -0.2) is 20.9 Å². The summed E-state index contributed by atoms with van der Waals surface area (Å²) in [6.07, 6.45) is 4.65. The molecule has 1 amide bonds. The van der Waals surface area contributed by atoms with Gasteiger partial charge < -0.3 is 5.32 Å². The lowest BCUT2D eigenvalue weighted by Gasteiger charge is -2.05. The van der Waals surface area contributed by atoms with Crippen molar-refractivity contribution in [1.29, 1.82) is 0 Å². The first-order valence-electron chi connectivity index (χ1n) is 6.17. The molecule has 0 spiro atoms. The van der Waals surface area contributed by atoms with E-state index in [1.165, 1.54) is 6.20 Å². The van der Waals surface area contributed by atoms with Gasteiger partial charge in [-0.25, -0.2) is 4.98 Å². The minimum atomic E-state index is -0.297. The van der Waals surface area contributed by atoms with E-state index in [0.717, 1.165) is 16.6 Å². The predicted molar refractivity (Wildman–Crippen MR) is 76.5 cm³/mol. The number of aromatic nitrogens is 3. The molecule has 2 aromatic heterocycles. The number of hydrogen-bond acceptors (Lipinski definition) is 4. The molecular formula is C15H12N4O. The van der Waals surface area contributed by atoms with Crippen LogP contribution in [0.15, 0.2) is 48.9 Å². The third kappa shape index (κ3) is 2.47. The number of nitrogens with zero attached hydrogens (tertiary/aromatic N) is 3. The summed E-state index contributed by atoms with van der Waals surface area (Å²) < 4.78 is 0. The Morgan fingerprint density at radius 3 is 2.70 bits per heavy atom. The molecule has 5 heteroatoms. The first-order valence-corrected chi connectivity index (χ1v) is 6.17. The van der Waals surface area contributed by atoms with Gasteiger partial charge in [0, 0.05) is 11.6 Å². The highest BCUT2D eigenvalue weighted by Crippen LogP contribution is 2.16. The third-order valence-corrected chi connectivity index (χ3v) is 2.86. The number of nitrogens with one attached hydrogen (secondary N) is 1. The average molecular weight is 264 g/mol. The SMILES string of the molecule is Cc1cnc(C(=O)Nc2cnc3ccccc3c2)cn1. The number of hydrogen-bond donors (Lipinski definition) is 1. The summed E-state index contributed by atoms with van der Waals surface area (Å²) in [5.41, 5.74) is 2.58. The van der Waals surface area contributed by atoms with Crippen LogP contribution >= 0.6 is 0 Å². The predicted octanol–water partition coefficient (Wildman–Crippen LogP) is 2.59. The normalized spacial score (nSPS) is 10.4. The van der Waals surface area contributed by atoms with Gasteiger partial charge in [-0.15, -0.1) is 0 Å². The number of benzene rings is 1. The van der Waals surface area contributed by atoms with E-state index in [1.807, 2.05) is 37.3 Å². The molecule has 0 atom stereocenters. The molecule has 2 heterocycles. The smallest absolute Gasteiger partial charge is 0.275 e. The van der Waals surface area contributed by atoms with Gasteiger partial charge >= 0.3 is 0 Å². The number of fused-ring (bicyclic) bond motifs is 1. The Morgan fingerprint density at radius 1 is 1.05 bits per heavy atom. The molecule has 3 rings (SSSR count). The number of anilines is 1. The van der Waals surface area contributed by atoms with Crippen molar-refractivity contribution in [2.45, 2.75) is 6.92 Å². The second kappa shape index (κ2) is 5.05. The highest BCUT2D eigenvalue weighted by atomic mass is 16.1. The molecule has 5 nitrogen and oxygen atoms in total. The van der Waals surface area contributed by atoms with Crippen molar-refractivity contribution in [2.24, 2.45) is 0 Å². The number of carbonyl (C=O) groups excluding carboxylic acids is 1. The van der Waals surface area contributed by atoms with Gasteiger partial charge in [0.05, 0.1) is 29.3 Å². The Labute approximate surface area is 115 Å². The molecule has 0 saturated carbocycles. The van der Waals surface area contributed by atoms with E-state index in [9.17, 15) is 4.79 Å². The average Bonchev–Trinajstić information content (AvgIpc) is 2.48. The van der Waals surface area contributed by atoms with Crippen LogP contribution in [-0.2, 0) is 0 Å². The summed E-state index contributed by atoms with van der Waals surface area (Å²) in [6, 6.07) is 9.61. The van der Waals surface area contributed by atoms with Gasteiger partial charge in [-0.2, -0.15) is 0 Å². The molecule has 0 aliphatic rings. The highest BCUT2D eigenvalue weighted by molar-refractivity contribution is 6.03. The molecule has 3 aromatic rings. The van der Waals surface area contributed by atoms with Crippen molar-refractivity contribution in [1.82, 2.24) is 15.0 Å². The van der Waals surface area contributed by atoms with E-state index in [2.05, 4.69) is 20.3 Å². The number of aryl methyl sites for hydroxylation is 1. The molecule has 0 bridgehead atoms. The van der Waals surface area contributed by atoms with Gasteiger partial charge in [0.2, 0.25) is 0 Å². The largest absolute Gasteiger partial charge is 0.319 e. The highest BCUT2D eigenvalue weighted by Gasteiger charge is 2.08. The van der Waals surface area contributed by atoms with Gasteiger partial charge in [-0.05, 0) is 19.1 Å². The zero-order chi connectivity index (χ0) is 13.9. The van der Waals surface area contributed by atoms with E-state index < -0.39 is 0 Å². The molecule has 98 valence electrons. The van der Waals surface area contributed by atoms with Gasteiger partial charge in [0.1, 0.15) is 5.69 Å². The fourth-order valence-electron chi connectivity index (χ4n) is 1.84. The van der Waals surface area contributed by atoms with Gasteiger partial charge in [-0.1, -0.05) is 18.2 Å². The summed E-state index contributed by atoms with van der Waals surface area (Å²) in [7, 11) is 0. The summed E-state index contributed by atoms with van der Waals surface area (Å²) in [4.78, 5) is 24.4. The number of amides is 1. The van der Waals surface area contributed by atoms with Crippen molar-refractivity contribution >= 4 is 22.5 Å². The fourth-order valence-corrected chi connectivity index (χ4v) is 1.84. The minimum Gasteiger partial charge on any atom is -0.319 e. The summed E-state index contributed by atoms with van der Waals surface area (Å²) in [5, 5.41) is 3.74. The van der Waals surface area contributed by atoms with Crippen LogP contribution < -0.4 is 5.32 Å². The Balaban J connectivity index is 1.85. The lowest BCUT2D eigenvalue weighted by Crippen LogP contribution is -2.14. The van der Waals surface area contributed by atoms with Crippen molar-refractivity contribution < 1.29 is 4.79 Å². The standard InChI is InChI=1S/C15H12N4O/c1-10-7-17-14(9-16-10)15(20)19-12-6-11-4-2-3-5-13(11)18-8-12/h2-9H,1H3,(H,19,20). The minimum absolute atomic E-state index is 0.281.